The summed E-state index contributed by atoms with van der Waals surface area (Å²) in [6.45, 7) is 2.39. The Morgan fingerprint density at radius 2 is 2.06 bits per heavy atom. The van der Waals surface area contributed by atoms with Gasteiger partial charge in [-0.15, -0.1) is 0 Å². The van der Waals surface area contributed by atoms with Crippen molar-refractivity contribution in [2.45, 2.75) is 38.7 Å². The van der Waals surface area contributed by atoms with Gasteiger partial charge in [0.15, 0.2) is 0 Å². The van der Waals surface area contributed by atoms with E-state index in [-0.39, 0.29) is 25.2 Å². The van der Waals surface area contributed by atoms with Crippen molar-refractivity contribution in [3.05, 3.63) is 35.4 Å². The highest BCUT2D eigenvalue weighted by molar-refractivity contribution is 5.79. The molecular weight excluding hydrogens is 236 g/mol. The Labute approximate surface area is 105 Å². The van der Waals surface area contributed by atoms with E-state index in [1.807, 2.05) is 31.2 Å². The third-order valence-electron chi connectivity index (χ3n) is 3.36. The fourth-order valence-electron chi connectivity index (χ4n) is 2.21. The molecule has 1 atom stereocenters. The third kappa shape index (κ3) is 3.28. The number of alkyl halides is 2. The Hall–Kier alpha value is -1.45. The summed E-state index contributed by atoms with van der Waals surface area (Å²) < 4.78 is 26.0. The van der Waals surface area contributed by atoms with Crippen LogP contribution in [0.15, 0.2) is 24.3 Å². The molecule has 0 bridgehead atoms. The number of carbonyl (C=O) groups excluding carboxylic acids is 1. The quantitative estimate of drug-likeness (QED) is 0.881. The number of benzene rings is 1. The number of halogens is 2. The molecule has 0 heterocycles. The number of hydrogen-bond donors (Lipinski definition) is 1. The highest BCUT2D eigenvalue weighted by Crippen LogP contribution is 2.38. The minimum atomic E-state index is -2.66. The Morgan fingerprint density at radius 3 is 2.61 bits per heavy atom. The van der Waals surface area contributed by atoms with E-state index in [4.69, 9.17) is 0 Å². The van der Waals surface area contributed by atoms with Gasteiger partial charge in [-0.25, -0.2) is 8.78 Å². The molecule has 1 aliphatic rings. The van der Waals surface area contributed by atoms with Crippen LogP contribution in [0.25, 0.3) is 0 Å². The van der Waals surface area contributed by atoms with Gasteiger partial charge in [-0.1, -0.05) is 29.8 Å². The van der Waals surface area contributed by atoms with E-state index in [1.165, 1.54) is 0 Å². The van der Waals surface area contributed by atoms with Gasteiger partial charge >= 0.3 is 0 Å². The van der Waals surface area contributed by atoms with Crippen LogP contribution in [0.5, 0.6) is 0 Å². The van der Waals surface area contributed by atoms with Crippen LogP contribution in [0, 0.1) is 12.8 Å². The lowest BCUT2D eigenvalue weighted by Crippen LogP contribution is -2.29. The standard InChI is InChI=1S/C14H17F2NO/c1-10-2-4-11(5-3-10)9-17-13(18)12-6-7-14(15,16)8-12/h2-5,12H,6-9H2,1H3,(H,17,18)/t12-/m1/s1. The summed E-state index contributed by atoms with van der Waals surface area (Å²) in [5, 5.41) is 2.73. The van der Waals surface area contributed by atoms with Crippen molar-refractivity contribution in [2.75, 3.05) is 0 Å². The second kappa shape index (κ2) is 5.04. The van der Waals surface area contributed by atoms with Crippen LogP contribution in [0.4, 0.5) is 8.78 Å². The Bertz CT molecular complexity index is 428. The molecule has 2 nitrogen and oxygen atoms in total. The molecule has 1 aromatic carbocycles. The molecule has 2 rings (SSSR count). The molecule has 4 heteroatoms. The predicted octanol–water partition coefficient (Wildman–Crippen LogP) is 3.05. The molecule has 0 saturated heterocycles. The Balaban J connectivity index is 1.84. The molecule has 1 fully saturated rings. The van der Waals surface area contributed by atoms with Gasteiger partial charge < -0.3 is 5.32 Å². The summed E-state index contributed by atoms with van der Waals surface area (Å²) in [6, 6.07) is 7.79. The molecular formula is C14H17F2NO. The van der Waals surface area contributed by atoms with E-state index in [0.717, 1.165) is 11.1 Å². The van der Waals surface area contributed by atoms with Crippen molar-refractivity contribution in [3.63, 3.8) is 0 Å². The summed E-state index contributed by atoms with van der Waals surface area (Å²) >= 11 is 0. The molecule has 0 spiro atoms. The van der Waals surface area contributed by atoms with E-state index in [2.05, 4.69) is 5.32 Å². The number of amides is 1. The molecule has 1 aromatic rings. The lowest BCUT2D eigenvalue weighted by atomic mass is 10.1. The number of nitrogens with one attached hydrogen (secondary N) is 1. The van der Waals surface area contributed by atoms with E-state index < -0.39 is 11.8 Å². The second-order valence-electron chi connectivity index (χ2n) is 5.00. The van der Waals surface area contributed by atoms with Gasteiger partial charge in [-0.2, -0.15) is 0 Å². The van der Waals surface area contributed by atoms with Crippen LogP contribution in [-0.2, 0) is 11.3 Å². The van der Waals surface area contributed by atoms with Crippen molar-refractivity contribution < 1.29 is 13.6 Å². The molecule has 1 saturated carbocycles. The normalized spacial score (nSPS) is 21.8. The minimum Gasteiger partial charge on any atom is -0.352 e. The fourth-order valence-corrected chi connectivity index (χ4v) is 2.21. The van der Waals surface area contributed by atoms with Crippen LogP contribution < -0.4 is 5.32 Å². The fraction of sp³-hybridized carbons (Fsp3) is 0.500. The number of rotatable bonds is 3. The lowest BCUT2D eigenvalue weighted by molar-refractivity contribution is -0.125. The zero-order chi connectivity index (χ0) is 13.2. The third-order valence-corrected chi connectivity index (χ3v) is 3.36. The smallest absolute Gasteiger partial charge is 0.248 e. The van der Waals surface area contributed by atoms with Crippen molar-refractivity contribution in [3.8, 4) is 0 Å². The zero-order valence-corrected chi connectivity index (χ0v) is 10.4. The summed E-state index contributed by atoms with van der Waals surface area (Å²) in [5.74, 6) is -3.45. The van der Waals surface area contributed by atoms with Crippen molar-refractivity contribution in [2.24, 2.45) is 5.92 Å². The highest BCUT2D eigenvalue weighted by atomic mass is 19.3. The molecule has 1 aliphatic carbocycles. The molecule has 1 amide bonds. The molecule has 1 N–H and O–H groups in total. The second-order valence-corrected chi connectivity index (χ2v) is 5.00. The Kier molecular flexibility index (Phi) is 3.64. The van der Waals surface area contributed by atoms with E-state index in [9.17, 15) is 13.6 Å². The van der Waals surface area contributed by atoms with Gasteiger partial charge in [0.2, 0.25) is 11.8 Å². The first-order valence-corrected chi connectivity index (χ1v) is 6.17. The van der Waals surface area contributed by atoms with Crippen molar-refractivity contribution >= 4 is 5.91 Å². The van der Waals surface area contributed by atoms with Crippen LogP contribution >= 0.6 is 0 Å². The molecule has 0 aliphatic heterocycles. The number of aryl methyl sites for hydroxylation is 1. The van der Waals surface area contributed by atoms with Gasteiger partial charge in [-0.05, 0) is 18.9 Å². The molecule has 18 heavy (non-hydrogen) atoms. The van der Waals surface area contributed by atoms with Crippen LogP contribution in [0.2, 0.25) is 0 Å². The van der Waals surface area contributed by atoms with E-state index in [0.29, 0.717) is 6.54 Å². The van der Waals surface area contributed by atoms with Gasteiger partial charge in [0.25, 0.3) is 0 Å². The maximum atomic E-state index is 13.0. The van der Waals surface area contributed by atoms with Crippen molar-refractivity contribution in [1.29, 1.82) is 0 Å². The maximum absolute atomic E-state index is 13.0. The van der Waals surface area contributed by atoms with Gasteiger partial charge in [0, 0.05) is 25.3 Å². The first-order valence-electron chi connectivity index (χ1n) is 6.17. The summed E-state index contributed by atoms with van der Waals surface area (Å²) in [5.41, 5.74) is 2.14. The van der Waals surface area contributed by atoms with Gasteiger partial charge in [0.05, 0.1) is 0 Å². The van der Waals surface area contributed by atoms with E-state index >= 15 is 0 Å². The first kappa shape index (κ1) is 13.0. The van der Waals surface area contributed by atoms with Crippen LogP contribution in [0.3, 0.4) is 0 Å². The van der Waals surface area contributed by atoms with Crippen LogP contribution in [0.1, 0.15) is 30.4 Å². The minimum absolute atomic E-state index is 0.171. The maximum Gasteiger partial charge on any atom is 0.248 e. The molecule has 0 radical (unpaired) electrons. The molecule has 98 valence electrons. The predicted molar refractivity (Wildman–Crippen MR) is 65.3 cm³/mol. The molecule has 0 aromatic heterocycles. The summed E-state index contributed by atoms with van der Waals surface area (Å²) in [7, 11) is 0. The topological polar surface area (TPSA) is 29.1 Å². The highest BCUT2D eigenvalue weighted by Gasteiger charge is 2.42. The Morgan fingerprint density at radius 1 is 1.39 bits per heavy atom. The summed E-state index contributed by atoms with van der Waals surface area (Å²) in [6.07, 6.45) is -0.199. The zero-order valence-electron chi connectivity index (χ0n) is 10.4. The molecule has 0 unspecified atom stereocenters. The average Bonchev–Trinajstić information content (AvgIpc) is 2.69. The SMILES string of the molecule is Cc1ccc(CNC(=O)[C@@H]2CCC(F)(F)C2)cc1. The average molecular weight is 253 g/mol. The summed E-state index contributed by atoms with van der Waals surface area (Å²) in [4.78, 5) is 11.7. The van der Waals surface area contributed by atoms with E-state index in [1.54, 1.807) is 0 Å². The number of carbonyl (C=O) groups is 1. The monoisotopic (exact) mass is 253 g/mol. The largest absolute Gasteiger partial charge is 0.352 e. The first-order chi connectivity index (χ1) is 8.46. The number of hydrogen-bond acceptors (Lipinski definition) is 1. The lowest BCUT2D eigenvalue weighted by Gasteiger charge is -2.11. The van der Waals surface area contributed by atoms with Crippen LogP contribution in [-0.4, -0.2) is 11.8 Å². The van der Waals surface area contributed by atoms with Gasteiger partial charge in [-0.3, -0.25) is 4.79 Å². The van der Waals surface area contributed by atoms with Gasteiger partial charge in [0.1, 0.15) is 0 Å². The van der Waals surface area contributed by atoms with Crippen molar-refractivity contribution in [1.82, 2.24) is 5.32 Å².